The number of halogens is 1. The number of rotatable bonds is 6. The molecule has 0 aliphatic rings. The molecule has 0 bridgehead atoms. The maximum absolute atomic E-state index is 4.65. The van der Waals surface area contributed by atoms with Crippen LogP contribution < -0.4 is 10.2 Å². The van der Waals surface area contributed by atoms with E-state index >= 15 is 0 Å². The van der Waals surface area contributed by atoms with Gasteiger partial charge in [0.1, 0.15) is 5.82 Å². The Morgan fingerprint density at radius 2 is 1.90 bits per heavy atom. The Kier molecular flexibility index (Phi) is 6.67. The molecule has 120 valence electrons. The first-order valence-corrected chi connectivity index (χ1v) is 8.51. The van der Waals surface area contributed by atoms with Crippen molar-refractivity contribution in [2.45, 2.75) is 66.1 Å². The van der Waals surface area contributed by atoms with Crippen molar-refractivity contribution in [1.82, 2.24) is 10.3 Å². The third-order valence-electron chi connectivity index (χ3n) is 3.53. The second kappa shape index (κ2) is 7.59. The van der Waals surface area contributed by atoms with Crippen molar-refractivity contribution in [1.29, 1.82) is 0 Å². The normalized spacial score (nSPS) is 13.6. The fourth-order valence-corrected chi connectivity index (χ4v) is 2.71. The summed E-state index contributed by atoms with van der Waals surface area (Å²) in [5, 5.41) is 3.55. The average molecular weight is 356 g/mol. The summed E-state index contributed by atoms with van der Waals surface area (Å²) in [4.78, 5) is 6.94. The molecule has 0 aliphatic carbocycles. The molecule has 4 heteroatoms. The van der Waals surface area contributed by atoms with Gasteiger partial charge in [0.15, 0.2) is 0 Å². The molecule has 0 saturated heterocycles. The molecule has 1 aromatic heterocycles. The summed E-state index contributed by atoms with van der Waals surface area (Å²) < 4.78 is 1.03. The number of aromatic nitrogens is 1. The molecule has 1 unspecified atom stereocenters. The lowest BCUT2D eigenvalue weighted by molar-refractivity contribution is 0.423. The molecule has 0 radical (unpaired) electrons. The summed E-state index contributed by atoms with van der Waals surface area (Å²) >= 11 is 3.53. The van der Waals surface area contributed by atoms with Crippen molar-refractivity contribution in [2.24, 2.45) is 5.92 Å². The fraction of sp³-hybridized carbons (Fsp3) is 0.706. The van der Waals surface area contributed by atoms with E-state index in [-0.39, 0.29) is 5.54 Å². The van der Waals surface area contributed by atoms with Crippen molar-refractivity contribution < 1.29 is 0 Å². The maximum atomic E-state index is 4.65. The number of nitrogens with one attached hydrogen (secondary N) is 1. The van der Waals surface area contributed by atoms with Gasteiger partial charge >= 0.3 is 0 Å². The van der Waals surface area contributed by atoms with Crippen LogP contribution in [0.3, 0.4) is 0 Å². The van der Waals surface area contributed by atoms with Gasteiger partial charge in [0.05, 0.1) is 0 Å². The number of hydrogen-bond donors (Lipinski definition) is 1. The van der Waals surface area contributed by atoms with E-state index in [9.17, 15) is 0 Å². The van der Waals surface area contributed by atoms with Gasteiger partial charge in [-0.25, -0.2) is 4.98 Å². The van der Waals surface area contributed by atoms with Gasteiger partial charge in [-0.3, -0.25) is 0 Å². The zero-order chi connectivity index (χ0) is 16.2. The Labute approximate surface area is 138 Å². The van der Waals surface area contributed by atoms with E-state index in [2.05, 4.69) is 85.8 Å². The molecule has 1 N–H and O–H groups in total. The first-order chi connectivity index (χ1) is 9.60. The van der Waals surface area contributed by atoms with Gasteiger partial charge in [0, 0.05) is 41.4 Å². The quantitative estimate of drug-likeness (QED) is 0.807. The van der Waals surface area contributed by atoms with Crippen LogP contribution >= 0.6 is 15.9 Å². The second-order valence-corrected chi connectivity index (χ2v) is 8.24. The first-order valence-electron chi connectivity index (χ1n) is 7.72. The summed E-state index contributed by atoms with van der Waals surface area (Å²) in [6.07, 6.45) is 3.05. The molecule has 0 amide bonds. The third kappa shape index (κ3) is 6.35. The highest BCUT2D eigenvalue weighted by atomic mass is 79.9. The van der Waals surface area contributed by atoms with Crippen LogP contribution in [0.25, 0.3) is 0 Å². The Bertz CT molecular complexity index is 452. The first kappa shape index (κ1) is 18.4. The molecule has 0 aliphatic heterocycles. The molecule has 3 nitrogen and oxygen atoms in total. The predicted molar refractivity (Wildman–Crippen MR) is 95.8 cm³/mol. The van der Waals surface area contributed by atoms with Crippen molar-refractivity contribution >= 4 is 21.7 Å². The minimum absolute atomic E-state index is 0.0989. The largest absolute Gasteiger partial charge is 0.357 e. The van der Waals surface area contributed by atoms with Gasteiger partial charge in [0.25, 0.3) is 0 Å². The minimum Gasteiger partial charge on any atom is -0.357 e. The van der Waals surface area contributed by atoms with Gasteiger partial charge in [-0.2, -0.15) is 0 Å². The van der Waals surface area contributed by atoms with Gasteiger partial charge in [0.2, 0.25) is 0 Å². The van der Waals surface area contributed by atoms with Crippen LogP contribution in [0.1, 0.15) is 53.5 Å². The highest BCUT2D eigenvalue weighted by Crippen LogP contribution is 2.24. The predicted octanol–water partition coefficient (Wildman–Crippen LogP) is 4.60. The fourth-order valence-electron chi connectivity index (χ4n) is 2.33. The van der Waals surface area contributed by atoms with E-state index in [0.717, 1.165) is 16.8 Å². The van der Waals surface area contributed by atoms with E-state index in [4.69, 9.17) is 0 Å². The number of hydrogen-bond acceptors (Lipinski definition) is 3. The van der Waals surface area contributed by atoms with Gasteiger partial charge < -0.3 is 10.2 Å². The molecule has 1 atom stereocenters. The van der Waals surface area contributed by atoms with Crippen molar-refractivity contribution in [3.63, 3.8) is 0 Å². The van der Waals surface area contributed by atoms with E-state index in [0.29, 0.717) is 12.0 Å². The number of nitrogens with zero attached hydrogens (tertiary/aromatic N) is 2. The molecule has 1 aromatic rings. The SMILES string of the molecule is CC(C)CC(C)N(C)c1ncc(Br)cc1CNC(C)(C)C. The Balaban J connectivity index is 2.95. The van der Waals surface area contributed by atoms with Gasteiger partial charge in [-0.05, 0) is 62.0 Å². The number of pyridine rings is 1. The van der Waals surface area contributed by atoms with Crippen LogP contribution in [-0.2, 0) is 6.54 Å². The third-order valence-corrected chi connectivity index (χ3v) is 3.96. The molecule has 0 fully saturated rings. The zero-order valence-electron chi connectivity index (χ0n) is 14.5. The second-order valence-electron chi connectivity index (χ2n) is 7.33. The standard InChI is InChI=1S/C17H30BrN3/c1-12(2)8-13(3)21(7)16-14(9-15(18)11-19-16)10-20-17(4,5)6/h9,11-13,20H,8,10H2,1-7H3. The molecule has 0 saturated carbocycles. The smallest absolute Gasteiger partial charge is 0.133 e. The van der Waals surface area contributed by atoms with Gasteiger partial charge in [-0.1, -0.05) is 13.8 Å². The molecule has 21 heavy (non-hydrogen) atoms. The van der Waals surface area contributed by atoms with E-state index in [1.54, 1.807) is 0 Å². The summed E-state index contributed by atoms with van der Waals surface area (Å²) in [5.74, 6) is 1.76. The summed E-state index contributed by atoms with van der Waals surface area (Å²) in [6, 6.07) is 2.65. The highest BCUT2D eigenvalue weighted by molar-refractivity contribution is 9.10. The Morgan fingerprint density at radius 1 is 1.29 bits per heavy atom. The minimum atomic E-state index is 0.0989. The molecule has 0 spiro atoms. The average Bonchev–Trinajstić information content (AvgIpc) is 2.34. The summed E-state index contributed by atoms with van der Waals surface area (Å²) in [6.45, 7) is 14.2. The number of anilines is 1. The molecule has 0 aromatic carbocycles. The topological polar surface area (TPSA) is 28.2 Å². The van der Waals surface area contributed by atoms with Crippen LogP contribution in [0.2, 0.25) is 0 Å². The van der Waals surface area contributed by atoms with Crippen LogP contribution in [0.5, 0.6) is 0 Å². The van der Waals surface area contributed by atoms with E-state index in [1.165, 1.54) is 12.0 Å². The van der Waals surface area contributed by atoms with Crippen molar-refractivity contribution in [3.8, 4) is 0 Å². The van der Waals surface area contributed by atoms with Crippen molar-refractivity contribution in [2.75, 3.05) is 11.9 Å². The van der Waals surface area contributed by atoms with Crippen LogP contribution in [0, 0.1) is 5.92 Å². The Hall–Kier alpha value is -0.610. The molecular weight excluding hydrogens is 326 g/mol. The zero-order valence-corrected chi connectivity index (χ0v) is 16.1. The van der Waals surface area contributed by atoms with E-state index in [1.807, 2.05) is 6.20 Å². The Morgan fingerprint density at radius 3 is 2.43 bits per heavy atom. The lowest BCUT2D eigenvalue weighted by Crippen LogP contribution is -2.36. The molecule has 1 rings (SSSR count). The van der Waals surface area contributed by atoms with E-state index < -0.39 is 0 Å². The highest BCUT2D eigenvalue weighted by Gasteiger charge is 2.18. The van der Waals surface area contributed by atoms with Gasteiger partial charge in [-0.15, -0.1) is 0 Å². The lowest BCUT2D eigenvalue weighted by Gasteiger charge is -2.30. The summed E-state index contributed by atoms with van der Waals surface area (Å²) in [7, 11) is 2.14. The monoisotopic (exact) mass is 355 g/mol. The summed E-state index contributed by atoms with van der Waals surface area (Å²) in [5.41, 5.74) is 1.33. The van der Waals surface area contributed by atoms with Crippen LogP contribution in [0.4, 0.5) is 5.82 Å². The maximum Gasteiger partial charge on any atom is 0.133 e. The van der Waals surface area contributed by atoms with Crippen molar-refractivity contribution in [3.05, 3.63) is 22.3 Å². The van der Waals surface area contributed by atoms with Crippen LogP contribution in [-0.4, -0.2) is 23.6 Å². The molecule has 1 heterocycles. The van der Waals surface area contributed by atoms with Crippen LogP contribution in [0.15, 0.2) is 16.7 Å². The lowest BCUT2D eigenvalue weighted by atomic mass is 10.0. The molecular formula is C17H30BrN3.